The predicted molar refractivity (Wildman–Crippen MR) is 126 cm³/mol. The summed E-state index contributed by atoms with van der Waals surface area (Å²) in [6, 6.07) is 12.7. The van der Waals surface area contributed by atoms with E-state index in [1.807, 2.05) is 6.92 Å². The van der Waals surface area contributed by atoms with Crippen LogP contribution in [0.3, 0.4) is 0 Å². The number of hydrogen-bond acceptors (Lipinski definition) is 4. The molecule has 2 aromatic carbocycles. The van der Waals surface area contributed by atoms with E-state index in [4.69, 9.17) is 10.1 Å². The highest BCUT2D eigenvalue weighted by molar-refractivity contribution is 5.94. The summed E-state index contributed by atoms with van der Waals surface area (Å²) in [5.74, 6) is -0.589. The number of nitrogens with zero attached hydrogens (tertiary/aromatic N) is 3. The summed E-state index contributed by atoms with van der Waals surface area (Å²) >= 11 is 0. The molecule has 0 spiro atoms. The number of carbonyl (C=O) groups excluding carboxylic acids is 1. The highest BCUT2D eigenvalue weighted by atomic mass is 19.1. The molecule has 1 amide bonds. The van der Waals surface area contributed by atoms with Gasteiger partial charge in [0.25, 0.3) is 0 Å². The van der Waals surface area contributed by atoms with Crippen LogP contribution in [0.4, 0.5) is 10.1 Å². The summed E-state index contributed by atoms with van der Waals surface area (Å²) in [4.78, 5) is 32.1. The van der Waals surface area contributed by atoms with Crippen LogP contribution in [0.25, 0.3) is 0 Å². The zero-order valence-corrected chi connectivity index (χ0v) is 18.8. The van der Waals surface area contributed by atoms with Crippen LogP contribution in [0.1, 0.15) is 29.3 Å². The van der Waals surface area contributed by atoms with E-state index in [2.05, 4.69) is 20.4 Å². The van der Waals surface area contributed by atoms with Crippen molar-refractivity contribution in [2.45, 2.75) is 19.9 Å². The number of hydrogen-bond donors (Lipinski definition) is 3. The molecule has 2 aromatic rings. The summed E-state index contributed by atoms with van der Waals surface area (Å²) in [6.07, 6.45) is 0.909. The smallest absolute Gasteiger partial charge is 0.335 e. The Morgan fingerprint density at radius 1 is 1.03 bits per heavy atom. The molecule has 0 radical (unpaired) electrons. The third-order valence-electron chi connectivity index (χ3n) is 5.32. The van der Waals surface area contributed by atoms with Gasteiger partial charge < -0.3 is 20.6 Å². The van der Waals surface area contributed by atoms with Gasteiger partial charge in [0, 0.05) is 38.4 Å². The summed E-state index contributed by atoms with van der Waals surface area (Å²) in [6.45, 7) is 6.25. The maximum absolute atomic E-state index is 13.2. The molecule has 33 heavy (non-hydrogen) atoms. The van der Waals surface area contributed by atoms with Crippen LogP contribution in [0, 0.1) is 5.82 Å². The molecule has 0 saturated carbocycles. The normalized spacial score (nSPS) is 14.7. The van der Waals surface area contributed by atoms with Crippen molar-refractivity contribution in [2.75, 3.05) is 44.6 Å². The van der Waals surface area contributed by atoms with Gasteiger partial charge in [0.2, 0.25) is 5.91 Å². The Morgan fingerprint density at radius 2 is 1.70 bits per heavy atom. The van der Waals surface area contributed by atoms with E-state index in [9.17, 15) is 14.0 Å². The fourth-order valence-corrected chi connectivity index (χ4v) is 3.44. The molecule has 1 fully saturated rings. The van der Waals surface area contributed by atoms with Crippen LogP contribution < -0.4 is 10.6 Å². The minimum atomic E-state index is -0.981. The number of carboxylic acids is 1. The lowest BCUT2D eigenvalue weighted by Gasteiger charge is -2.36. The lowest BCUT2D eigenvalue weighted by atomic mass is 10.2. The Hall–Kier alpha value is -3.46. The molecule has 0 aromatic heterocycles. The molecule has 176 valence electrons. The highest BCUT2D eigenvalue weighted by Crippen LogP contribution is 2.13. The van der Waals surface area contributed by atoms with Crippen molar-refractivity contribution in [3.63, 3.8) is 0 Å². The Labute approximate surface area is 193 Å². The van der Waals surface area contributed by atoms with Crippen molar-refractivity contribution in [3.05, 3.63) is 65.5 Å². The predicted octanol–water partition coefficient (Wildman–Crippen LogP) is 2.64. The maximum atomic E-state index is 13.2. The molecule has 1 aliphatic heterocycles. The van der Waals surface area contributed by atoms with E-state index in [1.54, 1.807) is 24.3 Å². The third kappa shape index (κ3) is 7.57. The largest absolute Gasteiger partial charge is 0.478 e. The topological polar surface area (TPSA) is 97.3 Å². The standard InChI is InChI=1S/C24H30FN5O3/c1-2-11-26-22(31)17-29-12-14-30(15-13-29)24(27-16-18-3-7-20(25)8-4-18)28-21-9-5-19(6-10-21)23(32)33/h3-10H,2,11-17H2,1H3,(H,26,31)(H,27,28)(H,32,33). The zero-order chi connectivity index (χ0) is 23.6. The average molecular weight is 456 g/mol. The van der Waals surface area contributed by atoms with E-state index in [1.165, 1.54) is 24.3 Å². The van der Waals surface area contributed by atoms with Crippen LogP contribution >= 0.6 is 0 Å². The van der Waals surface area contributed by atoms with Crippen molar-refractivity contribution in [1.82, 2.24) is 15.1 Å². The van der Waals surface area contributed by atoms with Crippen molar-refractivity contribution in [3.8, 4) is 0 Å². The highest BCUT2D eigenvalue weighted by Gasteiger charge is 2.21. The van der Waals surface area contributed by atoms with Crippen molar-refractivity contribution in [2.24, 2.45) is 4.99 Å². The van der Waals surface area contributed by atoms with Crippen LogP contribution in [0.2, 0.25) is 0 Å². The first-order valence-corrected chi connectivity index (χ1v) is 11.1. The zero-order valence-electron chi connectivity index (χ0n) is 18.8. The van der Waals surface area contributed by atoms with Crippen molar-refractivity contribution in [1.29, 1.82) is 0 Å². The van der Waals surface area contributed by atoms with E-state index in [0.29, 0.717) is 38.7 Å². The van der Waals surface area contributed by atoms with Gasteiger partial charge in [0.1, 0.15) is 5.82 Å². The number of halogens is 1. The first kappa shape index (κ1) is 24.2. The molecule has 0 unspecified atom stereocenters. The fraction of sp³-hybridized carbons (Fsp3) is 0.375. The second-order valence-electron chi connectivity index (χ2n) is 7.89. The Bertz CT molecular complexity index is 955. The SMILES string of the molecule is CCCNC(=O)CN1CCN(C(=NCc2ccc(F)cc2)Nc2ccc(C(=O)O)cc2)CC1. The van der Waals surface area contributed by atoms with Crippen LogP contribution in [0.5, 0.6) is 0 Å². The van der Waals surface area contributed by atoms with Crippen LogP contribution in [0.15, 0.2) is 53.5 Å². The summed E-state index contributed by atoms with van der Waals surface area (Å²) in [5, 5.41) is 15.3. The minimum Gasteiger partial charge on any atom is -0.478 e. The molecule has 1 saturated heterocycles. The molecule has 9 heteroatoms. The lowest BCUT2D eigenvalue weighted by molar-refractivity contribution is -0.122. The number of rotatable bonds is 8. The van der Waals surface area contributed by atoms with E-state index in [0.717, 1.165) is 30.8 Å². The molecule has 3 N–H and O–H groups in total. The summed E-state index contributed by atoms with van der Waals surface area (Å²) in [5.41, 5.74) is 1.81. The summed E-state index contributed by atoms with van der Waals surface area (Å²) in [7, 11) is 0. The number of carbonyl (C=O) groups is 2. The summed E-state index contributed by atoms with van der Waals surface area (Å²) < 4.78 is 13.2. The van der Waals surface area contributed by atoms with Gasteiger partial charge in [-0.25, -0.2) is 14.2 Å². The fourth-order valence-electron chi connectivity index (χ4n) is 3.44. The Kier molecular flexibility index (Phi) is 8.77. The number of guanidine groups is 1. The number of aliphatic imine (C=N–C) groups is 1. The number of anilines is 1. The van der Waals surface area contributed by atoms with Crippen LogP contribution in [-0.4, -0.2) is 72.0 Å². The molecular weight excluding hydrogens is 425 g/mol. The quantitative estimate of drug-likeness (QED) is 0.418. The molecule has 0 bridgehead atoms. The number of piperazine rings is 1. The van der Waals surface area contributed by atoms with Gasteiger partial charge in [-0.05, 0) is 48.4 Å². The first-order chi connectivity index (χ1) is 15.9. The van der Waals surface area contributed by atoms with Gasteiger partial charge in [-0.15, -0.1) is 0 Å². The number of amides is 1. The molecule has 1 heterocycles. The van der Waals surface area contributed by atoms with Gasteiger partial charge in [0.05, 0.1) is 18.7 Å². The Balaban J connectivity index is 1.67. The lowest BCUT2D eigenvalue weighted by Crippen LogP contribution is -2.52. The molecule has 3 rings (SSSR count). The molecule has 8 nitrogen and oxygen atoms in total. The molecule has 0 aliphatic carbocycles. The molecule has 0 atom stereocenters. The Morgan fingerprint density at radius 3 is 2.30 bits per heavy atom. The van der Waals surface area contributed by atoms with Gasteiger partial charge in [-0.1, -0.05) is 19.1 Å². The number of carboxylic acid groups (broad SMARTS) is 1. The van der Waals surface area contributed by atoms with E-state index >= 15 is 0 Å². The van der Waals surface area contributed by atoms with E-state index < -0.39 is 5.97 Å². The van der Waals surface area contributed by atoms with Gasteiger partial charge in [-0.3, -0.25) is 9.69 Å². The van der Waals surface area contributed by atoms with E-state index in [-0.39, 0.29) is 17.3 Å². The monoisotopic (exact) mass is 455 g/mol. The van der Waals surface area contributed by atoms with Gasteiger partial charge in [0.15, 0.2) is 5.96 Å². The number of nitrogens with one attached hydrogen (secondary N) is 2. The second kappa shape index (κ2) is 12.0. The second-order valence-corrected chi connectivity index (χ2v) is 7.89. The number of benzene rings is 2. The van der Waals surface area contributed by atoms with Gasteiger partial charge in [-0.2, -0.15) is 0 Å². The number of aromatic carboxylic acids is 1. The van der Waals surface area contributed by atoms with Crippen molar-refractivity contribution < 1.29 is 19.1 Å². The third-order valence-corrected chi connectivity index (χ3v) is 5.32. The average Bonchev–Trinajstić information content (AvgIpc) is 2.82. The van der Waals surface area contributed by atoms with Crippen molar-refractivity contribution >= 4 is 23.5 Å². The molecule has 1 aliphatic rings. The maximum Gasteiger partial charge on any atom is 0.335 e. The minimum absolute atomic E-state index is 0.0344. The van der Waals surface area contributed by atoms with Gasteiger partial charge >= 0.3 is 5.97 Å². The van der Waals surface area contributed by atoms with Crippen LogP contribution in [-0.2, 0) is 11.3 Å². The first-order valence-electron chi connectivity index (χ1n) is 11.1. The molecular formula is C24H30FN5O3.